The highest BCUT2D eigenvalue weighted by molar-refractivity contribution is 4.88. The van der Waals surface area contributed by atoms with E-state index in [9.17, 15) is 0 Å². The van der Waals surface area contributed by atoms with Crippen LogP contribution < -0.4 is 5.73 Å². The quantitative estimate of drug-likeness (QED) is 0.636. The lowest BCUT2D eigenvalue weighted by Gasteiger charge is -2.40. The van der Waals surface area contributed by atoms with Crippen LogP contribution in [0.1, 0.15) is 13.3 Å². The molecule has 3 nitrogen and oxygen atoms in total. The number of rotatable bonds is 2. The van der Waals surface area contributed by atoms with Crippen molar-refractivity contribution < 1.29 is 4.74 Å². The van der Waals surface area contributed by atoms with E-state index >= 15 is 0 Å². The Hall–Kier alpha value is -0.120. The Balaban J connectivity index is 1.79. The second kappa shape index (κ2) is 2.98. The first-order valence-corrected chi connectivity index (χ1v) is 4.74. The Morgan fingerprint density at radius 2 is 2.33 bits per heavy atom. The minimum atomic E-state index is 0.412. The van der Waals surface area contributed by atoms with Crippen LogP contribution in [0.2, 0.25) is 0 Å². The van der Waals surface area contributed by atoms with E-state index in [4.69, 9.17) is 10.5 Å². The Bertz CT molecular complexity index is 168. The second-order valence-electron chi connectivity index (χ2n) is 4.59. The van der Waals surface area contributed by atoms with Gasteiger partial charge in [-0.2, -0.15) is 0 Å². The van der Waals surface area contributed by atoms with Crippen molar-refractivity contribution in [1.82, 2.24) is 4.90 Å². The minimum absolute atomic E-state index is 0.412. The van der Waals surface area contributed by atoms with Crippen molar-refractivity contribution in [3.8, 4) is 0 Å². The molecule has 0 bridgehead atoms. The van der Waals surface area contributed by atoms with E-state index in [0.29, 0.717) is 11.5 Å². The van der Waals surface area contributed by atoms with Crippen LogP contribution >= 0.6 is 0 Å². The van der Waals surface area contributed by atoms with Crippen LogP contribution in [0.15, 0.2) is 0 Å². The van der Waals surface area contributed by atoms with Gasteiger partial charge in [-0.15, -0.1) is 0 Å². The summed E-state index contributed by atoms with van der Waals surface area (Å²) in [6.45, 7) is 7.57. The zero-order chi connectivity index (χ0) is 8.60. The molecule has 2 N–H and O–H groups in total. The zero-order valence-corrected chi connectivity index (χ0v) is 7.75. The molecule has 2 rings (SSSR count). The van der Waals surface area contributed by atoms with Gasteiger partial charge in [-0.3, -0.25) is 0 Å². The van der Waals surface area contributed by atoms with Crippen LogP contribution in [0.4, 0.5) is 0 Å². The van der Waals surface area contributed by atoms with Crippen LogP contribution in [-0.4, -0.2) is 43.8 Å². The molecule has 0 aromatic carbocycles. The van der Waals surface area contributed by atoms with E-state index in [-0.39, 0.29) is 0 Å². The smallest absolute Gasteiger partial charge is 0.0554 e. The molecular formula is C9H18N2O. The molecule has 0 radical (unpaired) electrons. The number of nitrogens with two attached hydrogens (primary N) is 1. The average molecular weight is 170 g/mol. The highest BCUT2D eigenvalue weighted by Crippen LogP contribution is 2.28. The first-order valence-electron chi connectivity index (χ1n) is 4.74. The molecule has 2 saturated heterocycles. The van der Waals surface area contributed by atoms with E-state index in [1.807, 2.05) is 0 Å². The lowest BCUT2D eigenvalue weighted by molar-refractivity contribution is -0.113. The number of nitrogens with zero attached hydrogens (tertiary/aromatic N) is 1. The van der Waals surface area contributed by atoms with Crippen molar-refractivity contribution in [2.75, 3.05) is 32.8 Å². The fraction of sp³-hybridized carbons (Fsp3) is 1.00. The van der Waals surface area contributed by atoms with Gasteiger partial charge in [0.25, 0.3) is 0 Å². The monoisotopic (exact) mass is 170 g/mol. The van der Waals surface area contributed by atoms with Crippen LogP contribution in [0.3, 0.4) is 0 Å². The fourth-order valence-electron chi connectivity index (χ4n) is 2.09. The maximum absolute atomic E-state index is 5.83. The van der Waals surface area contributed by atoms with Crippen molar-refractivity contribution in [1.29, 1.82) is 0 Å². The van der Waals surface area contributed by atoms with Crippen LogP contribution in [-0.2, 0) is 4.74 Å². The Morgan fingerprint density at radius 3 is 2.75 bits per heavy atom. The molecule has 0 saturated carbocycles. The Kier molecular flexibility index (Phi) is 2.10. The van der Waals surface area contributed by atoms with E-state index in [1.54, 1.807) is 0 Å². The predicted molar refractivity (Wildman–Crippen MR) is 48.0 cm³/mol. The van der Waals surface area contributed by atoms with Gasteiger partial charge in [0.2, 0.25) is 0 Å². The Labute approximate surface area is 73.9 Å². The molecule has 0 aromatic heterocycles. The van der Waals surface area contributed by atoms with Gasteiger partial charge >= 0.3 is 0 Å². The molecule has 1 unspecified atom stereocenters. The molecule has 2 aliphatic heterocycles. The average Bonchev–Trinajstić information content (AvgIpc) is 2.32. The third-order valence-electron chi connectivity index (χ3n) is 2.82. The first-order chi connectivity index (χ1) is 5.68. The molecule has 2 fully saturated rings. The van der Waals surface area contributed by atoms with Crippen LogP contribution in [0, 0.1) is 5.41 Å². The van der Waals surface area contributed by atoms with Crippen molar-refractivity contribution in [3.63, 3.8) is 0 Å². The van der Waals surface area contributed by atoms with Gasteiger partial charge in [0, 0.05) is 24.5 Å². The minimum Gasteiger partial charge on any atom is -0.380 e. The lowest BCUT2D eigenvalue weighted by Crippen LogP contribution is -2.48. The number of hydrogen-bond donors (Lipinski definition) is 1. The lowest BCUT2D eigenvalue weighted by atomic mass is 9.88. The summed E-state index contributed by atoms with van der Waals surface area (Å²) in [7, 11) is 0. The molecule has 2 aliphatic rings. The molecule has 0 aliphatic carbocycles. The third kappa shape index (κ3) is 1.63. The maximum Gasteiger partial charge on any atom is 0.0554 e. The van der Waals surface area contributed by atoms with Gasteiger partial charge in [-0.25, -0.2) is 0 Å². The highest BCUT2D eigenvalue weighted by atomic mass is 16.5. The summed E-state index contributed by atoms with van der Waals surface area (Å²) in [6, 6.07) is 0.412. The third-order valence-corrected chi connectivity index (χ3v) is 2.82. The van der Waals surface area contributed by atoms with E-state index in [0.717, 1.165) is 26.2 Å². The predicted octanol–water partition coefficient (Wildman–Crippen LogP) is 0.0559. The fourth-order valence-corrected chi connectivity index (χ4v) is 2.09. The van der Waals surface area contributed by atoms with Gasteiger partial charge in [0.1, 0.15) is 0 Å². The summed E-state index contributed by atoms with van der Waals surface area (Å²) in [5, 5.41) is 0. The molecule has 70 valence electrons. The number of likely N-dealkylation sites (tertiary alicyclic amines) is 1. The molecule has 0 spiro atoms. The second-order valence-corrected chi connectivity index (χ2v) is 4.59. The summed E-state index contributed by atoms with van der Waals surface area (Å²) in [5.74, 6) is 0. The highest BCUT2D eigenvalue weighted by Gasteiger charge is 2.36. The van der Waals surface area contributed by atoms with Gasteiger partial charge in [-0.05, 0) is 13.0 Å². The number of ether oxygens (including phenoxy) is 1. The van der Waals surface area contributed by atoms with Crippen molar-refractivity contribution >= 4 is 0 Å². The molecule has 0 aromatic rings. The van der Waals surface area contributed by atoms with E-state index < -0.39 is 0 Å². The van der Waals surface area contributed by atoms with Gasteiger partial charge < -0.3 is 15.4 Å². The topological polar surface area (TPSA) is 38.5 Å². The van der Waals surface area contributed by atoms with Gasteiger partial charge in [-0.1, -0.05) is 6.92 Å². The van der Waals surface area contributed by atoms with Crippen LogP contribution in [0.5, 0.6) is 0 Å². The van der Waals surface area contributed by atoms with Crippen molar-refractivity contribution in [3.05, 3.63) is 0 Å². The molecule has 0 amide bonds. The summed E-state index contributed by atoms with van der Waals surface area (Å²) in [4.78, 5) is 2.47. The maximum atomic E-state index is 5.83. The van der Waals surface area contributed by atoms with E-state index in [2.05, 4.69) is 11.8 Å². The van der Waals surface area contributed by atoms with Crippen molar-refractivity contribution in [2.45, 2.75) is 19.4 Å². The number of hydrogen-bond acceptors (Lipinski definition) is 3. The molecule has 2 heterocycles. The summed E-state index contributed by atoms with van der Waals surface area (Å²) in [6.07, 6.45) is 1.16. The Morgan fingerprint density at radius 1 is 1.58 bits per heavy atom. The molecule has 3 heteroatoms. The van der Waals surface area contributed by atoms with Gasteiger partial charge in [0.15, 0.2) is 0 Å². The standard InChI is InChI=1S/C9H18N2O/c1-9(6-12-7-9)5-11-3-2-8(10)4-11/h8H,2-7,10H2,1H3. The summed E-state index contributed by atoms with van der Waals surface area (Å²) < 4.78 is 5.22. The van der Waals surface area contributed by atoms with Crippen molar-refractivity contribution in [2.24, 2.45) is 11.1 Å². The molecule has 1 atom stereocenters. The largest absolute Gasteiger partial charge is 0.380 e. The first kappa shape index (κ1) is 8.48. The molecule has 12 heavy (non-hydrogen) atoms. The SMILES string of the molecule is CC1(CN2CCC(N)C2)COC1. The van der Waals surface area contributed by atoms with Crippen LogP contribution in [0.25, 0.3) is 0 Å². The van der Waals surface area contributed by atoms with Gasteiger partial charge in [0.05, 0.1) is 13.2 Å². The molecular weight excluding hydrogens is 152 g/mol. The summed E-state index contributed by atoms with van der Waals surface area (Å²) >= 11 is 0. The summed E-state index contributed by atoms with van der Waals surface area (Å²) in [5.41, 5.74) is 6.25. The van der Waals surface area contributed by atoms with E-state index in [1.165, 1.54) is 13.1 Å². The zero-order valence-electron chi connectivity index (χ0n) is 7.75. The normalized spacial score (nSPS) is 35.0.